The maximum atomic E-state index is 6.10. The first-order valence-electron chi connectivity index (χ1n) is 7.07. The molecule has 2 aliphatic rings. The quantitative estimate of drug-likeness (QED) is 0.540. The molecule has 0 unspecified atom stereocenters. The van der Waals surface area contributed by atoms with E-state index in [1.165, 1.54) is 21.6 Å². The second-order valence-electron chi connectivity index (χ2n) is 5.25. The van der Waals surface area contributed by atoms with Gasteiger partial charge in [-0.3, -0.25) is 0 Å². The third-order valence-corrected chi connectivity index (χ3v) is 5.17. The maximum absolute atomic E-state index is 6.10. The van der Waals surface area contributed by atoms with Crippen LogP contribution in [-0.2, 0) is 16.8 Å². The highest BCUT2D eigenvalue weighted by molar-refractivity contribution is 7.16. The van der Waals surface area contributed by atoms with E-state index >= 15 is 0 Å². The van der Waals surface area contributed by atoms with Gasteiger partial charge in [-0.1, -0.05) is 11.6 Å². The van der Waals surface area contributed by atoms with Gasteiger partial charge in [0, 0.05) is 24.3 Å². The third kappa shape index (κ3) is 4.11. The zero-order valence-corrected chi connectivity index (χ0v) is 13.8. The number of nitrogens with zero attached hydrogens (tertiary/aromatic N) is 1. The average Bonchev–Trinajstić information content (AvgIpc) is 2.83. The van der Waals surface area contributed by atoms with Crippen LogP contribution in [0.3, 0.4) is 0 Å². The molecule has 0 bridgehead atoms. The van der Waals surface area contributed by atoms with Crippen LogP contribution in [0.2, 0.25) is 4.34 Å². The first-order valence-corrected chi connectivity index (χ1v) is 8.26. The fourth-order valence-corrected chi connectivity index (χ4v) is 4.23. The average molecular weight is 331 g/mol. The SMILES string of the molecule is CN(N)/C=C\N.Clc1cc2c(s1)C1(CCNCC1)OCC2. The Bertz CT molecular complexity index is 483. The number of ether oxygens (including phenoxy) is 1. The van der Waals surface area contributed by atoms with Crippen molar-refractivity contribution in [3.8, 4) is 0 Å². The summed E-state index contributed by atoms with van der Waals surface area (Å²) in [4.78, 5) is 1.39. The Balaban J connectivity index is 0.000000232. The lowest BCUT2D eigenvalue weighted by Gasteiger charge is -2.40. The second kappa shape index (κ2) is 7.47. The van der Waals surface area contributed by atoms with Crippen molar-refractivity contribution in [2.45, 2.75) is 24.9 Å². The van der Waals surface area contributed by atoms with Crippen molar-refractivity contribution >= 4 is 22.9 Å². The van der Waals surface area contributed by atoms with Crippen LogP contribution in [0.25, 0.3) is 0 Å². The molecule has 1 fully saturated rings. The largest absolute Gasteiger partial charge is 0.403 e. The van der Waals surface area contributed by atoms with Gasteiger partial charge in [-0.15, -0.1) is 11.3 Å². The molecule has 3 heterocycles. The van der Waals surface area contributed by atoms with Crippen molar-refractivity contribution in [3.05, 3.63) is 33.2 Å². The monoisotopic (exact) mass is 330 g/mol. The minimum Gasteiger partial charge on any atom is -0.403 e. The van der Waals surface area contributed by atoms with E-state index in [2.05, 4.69) is 11.4 Å². The van der Waals surface area contributed by atoms with Gasteiger partial charge in [-0.05, 0) is 44.0 Å². The Morgan fingerprint density at radius 3 is 2.76 bits per heavy atom. The van der Waals surface area contributed by atoms with Crippen molar-refractivity contribution < 1.29 is 4.74 Å². The number of hydrazine groups is 1. The molecule has 21 heavy (non-hydrogen) atoms. The van der Waals surface area contributed by atoms with Gasteiger partial charge in [0.15, 0.2) is 0 Å². The minimum atomic E-state index is -0.0172. The van der Waals surface area contributed by atoms with E-state index < -0.39 is 0 Å². The smallest absolute Gasteiger partial charge is 0.105 e. The van der Waals surface area contributed by atoms with Gasteiger partial charge >= 0.3 is 0 Å². The molecule has 0 saturated carbocycles. The van der Waals surface area contributed by atoms with Gasteiger partial charge in [-0.25, -0.2) is 5.84 Å². The molecule has 2 aliphatic heterocycles. The van der Waals surface area contributed by atoms with Crippen LogP contribution >= 0.6 is 22.9 Å². The lowest BCUT2D eigenvalue weighted by atomic mass is 9.86. The lowest BCUT2D eigenvalue weighted by molar-refractivity contribution is -0.0771. The predicted molar refractivity (Wildman–Crippen MR) is 88.0 cm³/mol. The first-order chi connectivity index (χ1) is 10.1. The zero-order valence-electron chi connectivity index (χ0n) is 12.3. The molecule has 0 aromatic carbocycles. The highest BCUT2D eigenvalue weighted by Crippen LogP contribution is 2.45. The number of piperidine rings is 1. The molecule has 0 radical (unpaired) electrons. The van der Waals surface area contributed by atoms with E-state index in [0.29, 0.717) is 0 Å². The Hall–Kier alpha value is -0.790. The summed E-state index contributed by atoms with van der Waals surface area (Å²) in [5.41, 5.74) is 6.32. The summed E-state index contributed by atoms with van der Waals surface area (Å²) in [7, 11) is 1.70. The summed E-state index contributed by atoms with van der Waals surface area (Å²) in [5, 5.41) is 4.76. The third-order valence-electron chi connectivity index (χ3n) is 3.67. The summed E-state index contributed by atoms with van der Waals surface area (Å²) < 4.78 is 6.96. The van der Waals surface area contributed by atoms with Gasteiger partial charge in [0.1, 0.15) is 5.60 Å². The molecule has 1 aromatic rings. The van der Waals surface area contributed by atoms with Crippen molar-refractivity contribution in [1.29, 1.82) is 0 Å². The van der Waals surface area contributed by atoms with Gasteiger partial charge in [0.2, 0.25) is 0 Å². The Labute approximate surface area is 134 Å². The fourth-order valence-electron chi connectivity index (χ4n) is 2.73. The molecule has 5 nitrogen and oxygen atoms in total. The number of rotatable bonds is 1. The van der Waals surface area contributed by atoms with Gasteiger partial charge < -0.3 is 20.8 Å². The van der Waals surface area contributed by atoms with Gasteiger partial charge in [0.25, 0.3) is 0 Å². The van der Waals surface area contributed by atoms with E-state index in [-0.39, 0.29) is 5.60 Å². The second-order valence-corrected chi connectivity index (χ2v) is 6.94. The van der Waals surface area contributed by atoms with Crippen LogP contribution in [0.1, 0.15) is 23.3 Å². The van der Waals surface area contributed by atoms with Crippen LogP contribution in [0.15, 0.2) is 18.5 Å². The number of hydrogen-bond acceptors (Lipinski definition) is 6. The van der Waals surface area contributed by atoms with Crippen LogP contribution < -0.4 is 16.9 Å². The number of thiophene rings is 1. The summed E-state index contributed by atoms with van der Waals surface area (Å²) >= 11 is 7.81. The number of nitrogens with two attached hydrogens (primary N) is 2. The fraction of sp³-hybridized carbons (Fsp3) is 0.571. The number of nitrogens with one attached hydrogen (secondary N) is 1. The summed E-state index contributed by atoms with van der Waals surface area (Å²) in [6.07, 6.45) is 6.11. The van der Waals surface area contributed by atoms with E-state index in [1.54, 1.807) is 24.6 Å². The molecule has 5 N–H and O–H groups in total. The molecule has 0 amide bonds. The Morgan fingerprint density at radius 1 is 1.48 bits per heavy atom. The lowest BCUT2D eigenvalue weighted by Crippen LogP contribution is -2.43. The highest BCUT2D eigenvalue weighted by atomic mass is 35.5. The molecule has 1 aromatic heterocycles. The first kappa shape index (κ1) is 16.6. The van der Waals surface area contributed by atoms with Crippen LogP contribution in [0.4, 0.5) is 0 Å². The molecule has 1 saturated heterocycles. The Morgan fingerprint density at radius 2 is 2.19 bits per heavy atom. The normalized spacial score (nSPS) is 20.0. The molecule has 0 aliphatic carbocycles. The molecule has 0 atom stereocenters. The Kier molecular flexibility index (Phi) is 5.89. The summed E-state index contributed by atoms with van der Waals surface area (Å²) in [6, 6.07) is 2.12. The van der Waals surface area contributed by atoms with Crippen LogP contribution in [0.5, 0.6) is 0 Å². The van der Waals surface area contributed by atoms with E-state index in [0.717, 1.165) is 43.3 Å². The molecule has 1 spiro atoms. The number of halogens is 1. The standard InChI is InChI=1S/C11H14ClNOS.C3H9N3/c12-9-7-8-1-6-14-11(10(8)15-9)2-4-13-5-3-11;1-6(5)3-2-4/h7,13H,1-6H2;2-3H,4-5H2,1H3/b;3-2-. The number of hydrogen-bond donors (Lipinski definition) is 3. The molecule has 3 rings (SSSR count). The van der Waals surface area contributed by atoms with Crippen molar-refractivity contribution in [2.24, 2.45) is 11.6 Å². The van der Waals surface area contributed by atoms with Crippen molar-refractivity contribution in [3.63, 3.8) is 0 Å². The topological polar surface area (TPSA) is 76.5 Å². The molecular weight excluding hydrogens is 308 g/mol. The van der Waals surface area contributed by atoms with Gasteiger partial charge in [0.05, 0.1) is 10.9 Å². The van der Waals surface area contributed by atoms with E-state index in [4.69, 9.17) is 27.9 Å². The predicted octanol–water partition coefficient (Wildman–Crippen LogP) is 1.77. The van der Waals surface area contributed by atoms with E-state index in [9.17, 15) is 0 Å². The van der Waals surface area contributed by atoms with Crippen molar-refractivity contribution in [2.75, 3.05) is 26.7 Å². The highest BCUT2D eigenvalue weighted by Gasteiger charge is 2.40. The molecule has 7 heteroatoms. The molecular formula is C14H23ClN4OS. The van der Waals surface area contributed by atoms with Crippen LogP contribution in [-0.4, -0.2) is 31.8 Å². The maximum Gasteiger partial charge on any atom is 0.105 e. The van der Waals surface area contributed by atoms with Crippen molar-refractivity contribution in [1.82, 2.24) is 10.3 Å². The summed E-state index contributed by atoms with van der Waals surface area (Å²) in [5.74, 6) is 5.07. The van der Waals surface area contributed by atoms with E-state index in [1.807, 2.05) is 0 Å². The summed E-state index contributed by atoms with van der Waals surface area (Å²) in [6.45, 7) is 2.95. The van der Waals surface area contributed by atoms with Crippen LogP contribution in [0, 0.1) is 0 Å². The van der Waals surface area contributed by atoms with Gasteiger partial charge in [-0.2, -0.15) is 0 Å². The number of fused-ring (bicyclic) bond motifs is 2. The zero-order chi connectivity index (χ0) is 15.3. The molecule has 118 valence electrons. The minimum absolute atomic E-state index is 0.0172.